The molecule has 0 amide bonds. The van der Waals surface area contributed by atoms with Gasteiger partial charge in [0.15, 0.2) is 5.65 Å². The van der Waals surface area contributed by atoms with Gasteiger partial charge in [-0.2, -0.15) is 9.61 Å². The van der Waals surface area contributed by atoms with Crippen molar-refractivity contribution < 1.29 is 9.94 Å². The number of halogens is 2. The van der Waals surface area contributed by atoms with Crippen LogP contribution >= 0.6 is 27.5 Å². The van der Waals surface area contributed by atoms with Gasteiger partial charge in [-0.15, -0.1) is 0 Å². The molecule has 0 fully saturated rings. The summed E-state index contributed by atoms with van der Waals surface area (Å²) in [6.45, 7) is 0.514. The van der Waals surface area contributed by atoms with Crippen molar-refractivity contribution in [2.24, 2.45) is 0 Å². The predicted molar refractivity (Wildman–Crippen MR) is 102 cm³/mol. The number of nitrogens with one attached hydrogen (secondary N) is 1. The lowest BCUT2D eigenvalue weighted by atomic mass is 10.1. The monoisotopic (exact) mass is 430 g/mol. The van der Waals surface area contributed by atoms with Crippen LogP contribution in [0.4, 0.5) is 5.82 Å². The summed E-state index contributed by atoms with van der Waals surface area (Å²) in [7, 11) is 0. The van der Waals surface area contributed by atoms with E-state index in [0.717, 1.165) is 31.8 Å². The van der Waals surface area contributed by atoms with Crippen molar-refractivity contribution in [1.82, 2.24) is 14.6 Å². The summed E-state index contributed by atoms with van der Waals surface area (Å²) < 4.78 is 3.54. The van der Waals surface area contributed by atoms with Gasteiger partial charge in [-0.05, 0) is 28.1 Å². The molecule has 3 heterocycles. The average Bonchev–Trinajstić information content (AvgIpc) is 3.01. The highest BCUT2D eigenvalue weighted by molar-refractivity contribution is 9.10. The van der Waals surface area contributed by atoms with E-state index < -0.39 is 0 Å². The second-order valence-corrected chi connectivity index (χ2v) is 6.94. The van der Waals surface area contributed by atoms with E-state index in [9.17, 15) is 5.21 Å². The van der Waals surface area contributed by atoms with E-state index in [1.54, 1.807) is 29.2 Å². The summed E-state index contributed by atoms with van der Waals surface area (Å²) in [5.74, 6) is 0.768. The Morgan fingerprint density at radius 3 is 2.88 bits per heavy atom. The second kappa shape index (κ2) is 6.93. The fourth-order valence-corrected chi connectivity index (χ4v) is 3.26. The average molecular weight is 432 g/mol. The van der Waals surface area contributed by atoms with Crippen LogP contribution in [0.5, 0.6) is 0 Å². The summed E-state index contributed by atoms with van der Waals surface area (Å²) in [6.07, 6.45) is 4.90. The highest BCUT2D eigenvalue weighted by atomic mass is 79.9. The molecule has 0 saturated heterocycles. The fraction of sp³-hybridized carbons (Fsp3) is 0.0556. The molecule has 6 nitrogen and oxygen atoms in total. The molecular formula is C18H14BrClN5O+. The topological polar surface area (TPSA) is 66.3 Å². The van der Waals surface area contributed by atoms with Crippen LogP contribution in [0.25, 0.3) is 16.9 Å². The Kier molecular flexibility index (Phi) is 4.48. The van der Waals surface area contributed by atoms with E-state index in [1.165, 1.54) is 0 Å². The van der Waals surface area contributed by atoms with Crippen LogP contribution in [0.2, 0.25) is 5.02 Å². The molecule has 130 valence electrons. The SMILES string of the molecule is O[n+]1cccc(CNc2cc(-c3ccccc3Cl)nc3c(Br)cnn23)c1. The Labute approximate surface area is 162 Å². The first-order valence-corrected chi connectivity index (χ1v) is 9.01. The number of hydrogen-bond acceptors (Lipinski definition) is 4. The van der Waals surface area contributed by atoms with Crippen molar-refractivity contribution in [3.63, 3.8) is 0 Å². The molecule has 0 bridgehead atoms. The van der Waals surface area contributed by atoms with E-state index >= 15 is 0 Å². The van der Waals surface area contributed by atoms with Gasteiger partial charge < -0.3 is 5.32 Å². The van der Waals surface area contributed by atoms with E-state index in [-0.39, 0.29) is 0 Å². The third kappa shape index (κ3) is 3.23. The van der Waals surface area contributed by atoms with Gasteiger partial charge in [-0.3, -0.25) is 5.21 Å². The van der Waals surface area contributed by atoms with Crippen LogP contribution in [-0.2, 0) is 6.54 Å². The van der Waals surface area contributed by atoms with Crippen molar-refractivity contribution in [3.8, 4) is 11.3 Å². The molecular weight excluding hydrogens is 418 g/mol. The zero-order valence-electron chi connectivity index (χ0n) is 13.5. The van der Waals surface area contributed by atoms with Gasteiger partial charge in [-0.1, -0.05) is 29.8 Å². The number of nitrogens with zero attached hydrogens (tertiary/aromatic N) is 4. The van der Waals surface area contributed by atoms with Crippen molar-refractivity contribution >= 4 is 39.0 Å². The minimum Gasteiger partial charge on any atom is -0.366 e. The molecule has 26 heavy (non-hydrogen) atoms. The minimum atomic E-state index is 0.514. The molecule has 4 aromatic rings. The summed E-state index contributed by atoms with van der Waals surface area (Å²) in [4.78, 5) is 4.68. The molecule has 0 unspecified atom stereocenters. The zero-order valence-corrected chi connectivity index (χ0v) is 15.8. The Morgan fingerprint density at radius 1 is 1.23 bits per heavy atom. The van der Waals surface area contributed by atoms with Crippen LogP contribution in [0.3, 0.4) is 0 Å². The summed E-state index contributed by atoms with van der Waals surface area (Å²) >= 11 is 9.83. The van der Waals surface area contributed by atoms with Crippen LogP contribution < -0.4 is 10.0 Å². The maximum atomic E-state index is 9.55. The third-order valence-corrected chi connectivity index (χ3v) is 4.79. The predicted octanol–water partition coefficient (Wildman–Crippen LogP) is 3.95. The third-order valence-electron chi connectivity index (χ3n) is 3.90. The summed E-state index contributed by atoms with van der Waals surface area (Å²) in [5.41, 5.74) is 3.21. The molecule has 0 aliphatic rings. The largest absolute Gasteiger partial charge is 0.366 e. The van der Waals surface area contributed by atoms with Gasteiger partial charge in [0.2, 0.25) is 12.4 Å². The Bertz CT molecular complexity index is 1100. The highest BCUT2D eigenvalue weighted by Crippen LogP contribution is 2.30. The molecule has 3 aromatic heterocycles. The van der Waals surface area contributed by atoms with Crippen molar-refractivity contribution in [2.75, 3.05) is 5.32 Å². The van der Waals surface area contributed by atoms with E-state index in [0.29, 0.717) is 17.2 Å². The van der Waals surface area contributed by atoms with Gasteiger partial charge in [0.05, 0.1) is 16.4 Å². The molecule has 0 atom stereocenters. The van der Waals surface area contributed by atoms with Crippen LogP contribution in [0.15, 0.2) is 65.5 Å². The van der Waals surface area contributed by atoms with E-state index in [1.807, 2.05) is 36.4 Å². The van der Waals surface area contributed by atoms with Gasteiger partial charge >= 0.3 is 0 Å². The Hall–Kier alpha value is -2.64. The number of pyridine rings is 1. The number of anilines is 1. The number of aromatic nitrogens is 4. The van der Waals surface area contributed by atoms with E-state index in [4.69, 9.17) is 11.6 Å². The standard InChI is InChI=1S/C18H14BrClN5O/c19-14-10-22-25-17(21-9-12-4-3-7-24(26)11-12)8-16(23-18(14)25)13-5-1-2-6-15(13)20/h1-8,10-11,21,26H,9H2/q+1. The molecule has 8 heteroatoms. The highest BCUT2D eigenvalue weighted by Gasteiger charge is 2.13. The number of benzene rings is 1. The molecule has 0 radical (unpaired) electrons. The lowest BCUT2D eigenvalue weighted by Crippen LogP contribution is -2.29. The first-order chi connectivity index (χ1) is 12.6. The smallest absolute Gasteiger partial charge is 0.227 e. The van der Waals surface area contributed by atoms with Gasteiger partial charge in [0.25, 0.3) is 0 Å². The first kappa shape index (κ1) is 16.8. The summed E-state index contributed by atoms with van der Waals surface area (Å²) in [6, 6.07) is 13.2. The number of rotatable bonds is 4. The minimum absolute atomic E-state index is 0.514. The van der Waals surface area contributed by atoms with E-state index in [2.05, 4.69) is 31.3 Å². The van der Waals surface area contributed by atoms with Crippen molar-refractivity contribution in [2.45, 2.75) is 6.54 Å². The Morgan fingerprint density at radius 2 is 2.08 bits per heavy atom. The summed E-state index contributed by atoms with van der Waals surface area (Å²) in [5, 5.41) is 17.9. The van der Waals surface area contributed by atoms with Gasteiger partial charge in [0.1, 0.15) is 5.82 Å². The normalized spacial score (nSPS) is 11.0. The van der Waals surface area contributed by atoms with Crippen LogP contribution in [-0.4, -0.2) is 19.8 Å². The lowest BCUT2D eigenvalue weighted by molar-refractivity contribution is -0.905. The lowest BCUT2D eigenvalue weighted by Gasteiger charge is -2.11. The molecule has 0 saturated carbocycles. The zero-order chi connectivity index (χ0) is 18.1. The number of hydrogen-bond donors (Lipinski definition) is 2. The quantitative estimate of drug-likeness (QED) is 0.379. The maximum absolute atomic E-state index is 9.55. The van der Waals surface area contributed by atoms with Crippen LogP contribution in [0, 0.1) is 0 Å². The molecule has 4 rings (SSSR count). The van der Waals surface area contributed by atoms with Gasteiger partial charge in [-0.25, -0.2) is 4.98 Å². The fourth-order valence-electron chi connectivity index (χ4n) is 2.68. The Balaban J connectivity index is 1.77. The number of fused-ring (bicyclic) bond motifs is 1. The van der Waals surface area contributed by atoms with Crippen molar-refractivity contribution in [1.29, 1.82) is 0 Å². The molecule has 0 aliphatic heterocycles. The maximum Gasteiger partial charge on any atom is 0.227 e. The molecule has 1 aromatic carbocycles. The first-order valence-electron chi connectivity index (χ1n) is 7.84. The second-order valence-electron chi connectivity index (χ2n) is 5.68. The molecule has 0 aliphatic carbocycles. The van der Waals surface area contributed by atoms with Gasteiger partial charge in [0, 0.05) is 39.6 Å². The van der Waals surface area contributed by atoms with Crippen LogP contribution in [0.1, 0.15) is 5.56 Å². The molecule has 0 spiro atoms. The molecule has 2 N–H and O–H groups in total. The van der Waals surface area contributed by atoms with Crippen molar-refractivity contribution in [3.05, 3.63) is 76.1 Å².